The third kappa shape index (κ3) is 4.62. The molecule has 1 N–H and O–H groups in total. The second-order valence-electron chi connectivity index (χ2n) is 11.8. The van der Waals surface area contributed by atoms with Crippen LogP contribution in [-0.2, 0) is 0 Å². The summed E-state index contributed by atoms with van der Waals surface area (Å²) in [7, 11) is 1.65. The van der Waals surface area contributed by atoms with Crippen molar-refractivity contribution < 1.29 is 19.1 Å². The fourth-order valence-corrected chi connectivity index (χ4v) is 6.49. The molecule has 0 radical (unpaired) electrons. The van der Waals surface area contributed by atoms with Crippen molar-refractivity contribution in [3.05, 3.63) is 64.8 Å². The largest absolute Gasteiger partial charge is 0.494 e. The Kier molecular flexibility index (Phi) is 6.48. The minimum Gasteiger partial charge on any atom is -0.494 e. The van der Waals surface area contributed by atoms with Crippen LogP contribution in [-0.4, -0.2) is 47.6 Å². The summed E-state index contributed by atoms with van der Waals surface area (Å²) in [6.45, 7) is 7.46. The van der Waals surface area contributed by atoms with Gasteiger partial charge in [0.15, 0.2) is 5.72 Å². The smallest absolute Gasteiger partial charge is 0.272 e. The third-order valence-electron chi connectivity index (χ3n) is 8.83. The number of piperidine rings is 1. The van der Waals surface area contributed by atoms with E-state index in [1.54, 1.807) is 7.11 Å². The number of hydrogen-bond acceptors (Lipinski definition) is 5. The van der Waals surface area contributed by atoms with Crippen LogP contribution in [0.4, 0.5) is 0 Å². The number of nitrogens with zero attached hydrogens (tertiary/aromatic N) is 2. The maximum atomic E-state index is 13.8. The Morgan fingerprint density at radius 3 is 2.64 bits per heavy atom. The van der Waals surface area contributed by atoms with E-state index in [9.17, 15) is 9.59 Å². The number of benzene rings is 2. The van der Waals surface area contributed by atoms with Crippen molar-refractivity contribution in [1.82, 2.24) is 15.2 Å². The van der Waals surface area contributed by atoms with Gasteiger partial charge in [-0.15, -0.1) is 0 Å². The van der Waals surface area contributed by atoms with E-state index in [2.05, 4.69) is 32.2 Å². The normalized spacial score (nSPS) is 22.1. The summed E-state index contributed by atoms with van der Waals surface area (Å²) in [5, 5.41) is 4.18. The maximum Gasteiger partial charge on any atom is 0.272 e. The van der Waals surface area contributed by atoms with Crippen LogP contribution in [0.15, 0.2) is 42.5 Å². The highest BCUT2D eigenvalue weighted by Crippen LogP contribution is 2.42. The molecule has 3 aromatic rings. The molecule has 1 aromatic heterocycles. The first-order chi connectivity index (χ1) is 18.8. The van der Waals surface area contributed by atoms with Gasteiger partial charge in [-0.1, -0.05) is 45.4 Å². The molecule has 39 heavy (non-hydrogen) atoms. The molecule has 3 aliphatic rings. The summed E-state index contributed by atoms with van der Waals surface area (Å²) in [6, 6.07) is 13.9. The van der Waals surface area contributed by atoms with Crippen LogP contribution < -0.4 is 14.8 Å². The van der Waals surface area contributed by atoms with Crippen molar-refractivity contribution in [2.24, 2.45) is 5.92 Å². The maximum absolute atomic E-state index is 13.8. The molecule has 6 rings (SSSR count). The second-order valence-corrected chi connectivity index (χ2v) is 11.8. The number of nitrogens with one attached hydrogen (secondary N) is 1. The molecule has 2 aliphatic heterocycles. The number of amides is 2. The first-order valence-corrected chi connectivity index (χ1v) is 14.2. The molecule has 1 spiro atoms. The summed E-state index contributed by atoms with van der Waals surface area (Å²) in [4.78, 5) is 33.5. The minimum absolute atomic E-state index is 0.0888. The lowest BCUT2D eigenvalue weighted by atomic mass is 9.92. The number of aromatic nitrogens is 1. The number of ether oxygens (including phenoxy) is 2. The monoisotopic (exact) mass is 527 g/mol. The molecule has 1 saturated carbocycles. The number of methoxy groups -OCH3 is 1. The SMILES string of the molecule is COc1cccc2c(C3CCC(C)C3)cc(C(=O)N3CCC4(CC3)NC(=O)c3cc(C(C)C)ccc3O4)nc12. The van der Waals surface area contributed by atoms with Crippen LogP contribution >= 0.6 is 0 Å². The van der Waals surface area contributed by atoms with E-state index in [0.717, 1.165) is 29.3 Å². The second kappa shape index (κ2) is 9.85. The highest BCUT2D eigenvalue weighted by Gasteiger charge is 2.43. The number of fused-ring (bicyclic) bond motifs is 2. The van der Waals surface area contributed by atoms with Gasteiger partial charge >= 0.3 is 0 Å². The minimum atomic E-state index is -0.800. The highest BCUT2D eigenvalue weighted by molar-refractivity contribution is 5.99. The number of carbonyl (C=O) groups is 2. The van der Waals surface area contributed by atoms with Crippen molar-refractivity contribution in [3.8, 4) is 11.5 Å². The van der Waals surface area contributed by atoms with Gasteiger partial charge in [-0.3, -0.25) is 9.59 Å². The molecule has 7 nitrogen and oxygen atoms in total. The van der Waals surface area contributed by atoms with Crippen LogP contribution in [0, 0.1) is 5.92 Å². The molecule has 2 aromatic carbocycles. The molecular formula is C32H37N3O4. The summed E-state index contributed by atoms with van der Waals surface area (Å²) in [5.41, 5.74) is 3.28. The third-order valence-corrected chi connectivity index (χ3v) is 8.83. The Hall–Kier alpha value is -3.61. The Morgan fingerprint density at radius 1 is 1.15 bits per heavy atom. The lowest BCUT2D eigenvalue weighted by Crippen LogP contribution is -2.61. The highest BCUT2D eigenvalue weighted by atomic mass is 16.5. The molecule has 2 amide bonds. The van der Waals surface area contributed by atoms with E-state index in [1.807, 2.05) is 41.3 Å². The van der Waals surface area contributed by atoms with Gasteiger partial charge in [-0.2, -0.15) is 0 Å². The predicted molar refractivity (Wildman–Crippen MR) is 151 cm³/mol. The standard InChI is InChI=1S/C32H37N3O4/c1-19(2)21-10-11-27-25(17-21)30(36)34-32(39-27)12-14-35(15-13-32)31(37)26-18-24(22-9-8-20(3)16-22)23-6-5-7-28(38-4)29(23)33-26/h5-7,10-11,17-20,22H,8-9,12-16H2,1-4H3,(H,34,36). The van der Waals surface area contributed by atoms with E-state index < -0.39 is 5.72 Å². The molecule has 2 unspecified atom stereocenters. The van der Waals surface area contributed by atoms with E-state index >= 15 is 0 Å². The molecule has 0 bridgehead atoms. The number of likely N-dealkylation sites (tertiary alicyclic amines) is 1. The van der Waals surface area contributed by atoms with Crippen molar-refractivity contribution in [1.29, 1.82) is 0 Å². The van der Waals surface area contributed by atoms with Crippen LogP contribution in [0.25, 0.3) is 10.9 Å². The average Bonchev–Trinajstić information content (AvgIpc) is 3.37. The Balaban J connectivity index is 1.25. The fraction of sp³-hybridized carbons (Fsp3) is 0.469. The van der Waals surface area contributed by atoms with E-state index in [-0.39, 0.29) is 11.8 Å². The average molecular weight is 528 g/mol. The van der Waals surface area contributed by atoms with Crippen LogP contribution in [0.5, 0.6) is 11.5 Å². The molecule has 3 heterocycles. The number of para-hydroxylation sites is 1. The number of carbonyl (C=O) groups excluding carboxylic acids is 2. The van der Waals surface area contributed by atoms with Gasteiger partial charge in [0.05, 0.1) is 12.7 Å². The summed E-state index contributed by atoms with van der Waals surface area (Å²) >= 11 is 0. The van der Waals surface area contributed by atoms with E-state index in [1.165, 1.54) is 12.0 Å². The Morgan fingerprint density at radius 2 is 1.95 bits per heavy atom. The fourth-order valence-electron chi connectivity index (χ4n) is 6.49. The van der Waals surface area contributed by atoms with Crippen molar-refractivity contribution in [2.45, 2.75) is 70.4 Å². The molecule has 2 fully saturated rings. The Bertz CT molecular complexity index is 1440. The predicted octanol–water partition coefficient (Wildman–Crippen LogP) is 6.03. The van der Waals surface area contributed by atoms with Gasteiger partial charge < -0.3 is 19.7 Å². The molecular weight excluding hydrogens is 490 g/mol. The molecule has 204 valence electrons. The van der Waals surface area contributed by atoms with Crippen LogP contribution in [0.1, 0.15) is 96.7 Å². The van der Waals surface area contributed by atoms with E-state index in [4.69, 9.17) is 14.5 Å². The quantitative estimate of drug-likeness (QED) is 0.448. The molecule has 1 saturated heterocycles. The van der Waals surface area contributed by atoms with Gasteiger partial charge in [-0.25, -0.2) is 4.98 Å². The number of hydrogen-bond donors (Lipinski definition) is 1. The molecule has 7 heteroatoms. The first kappa shape index (κ1) is 25.7. The summed E-state index contributed by atoms with van der Waals surface area (Å²) < 4.78 is 12.0. The van der Waals surface area contributed by atoms with Gasteiger partial charge in [0.2, 0.25) is 0 Å². The number of rotatable bonds is 4. The first-order valence-electron chi connectivity index (χ1n) is 14.2. The number of pyridine rings is 1. The van der Waals surface area contributed by atoms with Crippen molar-refractivity contribution >= 4 is 22.7 Å². The molecule has 2 atom stereocenters. The lowest BCUT2D eigenvalue weighted by molar-refractivity contribution is -0.0246. The lowest BCUT2D eigenvalue weighted by Gasteiger charge is -2.44. The topological polar surface area (TPSA) is 80.8 Å². The summed E-state index contributed by atoms with van der Waals surface area (Å²) in [5.74, 6) is 2.51. The molecule has 1 aliphatic carbocycles. The van der Waals surface area contributed by atoms with Crippen molar-refractivity contribution in [3.63, 3.8) is 0 Å². The zero-order chi connectivity index (χ0) is 27.3. The Labute approximate surface area is 229 Å². The van der Waals surface area contributed by atoms with Crippen molar-refractivity contribution in [2.75, 3.05) is 20.2 Å². The van der Waals surface area contributed by atoms with Gasteiger partial charge in [0.25, 0.3) is 11.8 Å². The summed E-state index contributed by atoms with van der Waals surface area (Å²) in [6.07, 6.45) is 4.46. The van der Waals surface area contributed by atoms with Crippen LogP contribution in [0.2, 0.25) is 0 Å². The van der Waals surface area contributed by atoms with Gasteiger partial charge in [-0.05, 0) is 66.0 Å². The zero-order valence-electron chi connectivity index (χ0n) is 23.3. The van der Waals surface area contributed by atoms with Crippen LogP contribution in [0.3, 0.4) is 0 Å². The van der Waals surface area contributed by atoms with Gasteiger partial charge in [0.1, 0.15) is 22.7 Å². The van der Waals surface area contributed by atoms with Gasteiger partial charge in [0, 0.05) is 31.3 Å². The van der Waals surface area contributed by atoms with E-state index in [0.29, 0.717) is 66.4 Å². The zero-order valence-corrected chi connectivity index (χ0v) is 23.3.